The van der Waals surface area contributed by atoms with Gasteiger partial charge in [-0.2, -0.15) is 5.10 Å². The Bertz CT molecular complexity index is 610. The highest BCUT2D eigenvalue weighted by atomic mass is 35.5. The Morgan fingerprint density at radius 1 is 1.30 bits per heavy atom. The molecule has 1 N–H and O–H groups in total. The molecular formula is C15H18ClN3O. The standard InChI is InChI=1S/C15H18ClN3O/c1-2-19-15(20)14(16)13(11-18-19)17-10-6-9-12-7-4-3-5-8-12/h3-5,7-8,11,17H,2,6,9-10H2,1H3. The lowest BCUT2D eigenvalue weighted by Crippen LogP contribution is -2.23. The summed E-state index contributed by atoms with van der Waals surface area (Å²) in [5.41, 5.74) is 1.66. The third kappa shape index (κ3) is 3.61. The van der Waals surface area contributed by atoms with Crippen LogP contribution in [0, 0.1) is 0 Å². The zero-order chi connectivity index (χ0) is 14.4. The molecule has 1 aromatic carbocycles. The highest BCUT2D eigenvalue weighted by Crippen LogP contribution is 2.15. The molecule has 0 aliphatic carbocycles. The molecular weight excluding hydrogens is 274 g/mol. The quantitative estimate of drug-likeness (QED) is 0.832. The molecule has 4 nitrogen and oxygen atoms in total. The Labute approximate surface area is 123 Å². The molecule has 5 heteroatoms. The molecule has 0 atom stereocenters. The number of nitrogens with one attached hydrogen (secondary N) is 1. The van der Waals surface area contributed by atoms with Gasteiger partial charge in [0.1, 0.15) is 5.02 Å². The Hall–Kier alpha value is -1.81. The van der Waals surface area contributed by atoms with Crippen LogP contribution in [0.1, 0.15) is 18.9 Å². The van der Waals surface area contributed by atoms with Crippen LogP contribution in [-0.4, -0.2) is 16.3 Å². The molecule has 0 fully saturated rings. The summed E-state index contributed by atoms with van der Waals surface area (Å²) in [7, 11) is 0. The average molecular weight is 292 g/mol. The van der Waals surface area contributed by atoms with E-state index in [1.165, 1.54) is 10.2 Å². The van der Waals surface area contributed by atoms with Crippen molar-refractivity contribution in [3.63, 3.8) is 0 Å². The van der Waals surface area contributed by atoms with Crippen LogP contribution in [0.2, 0.25) is 5.02 Å². The van der Waals surface area contributed by atoms with Gasteiger partial charge in [-0.1, -0.05) is 41.9 Å². The van der Waals surface area contributed by atoms with E-state index in [0.717, 1.165) is 19.4 Å². The van der Waals surface area contributed by atoms with Gasteiger partial charge in [-0.25, -0.2) is 4.68 Å². The molecule has 20 heavy (non-hydrogen) atoms. The van der Waals surface area contributed by atoms with E-state index >= 15 is 0 Å². The van der Waals surface area contributed by atoms with E-state index in [9.17, 15) is 4.79 Å². The number of benzene rings is 1. The Morgan fingerprint density at radius 2 is 2.05 bits per heavy atom. The summed E-state index contributed by atoms with van der Waals surface area (Å²) in [4.78, 5) is 11.8. The largest absolute Gasteiger partial charge is 0.382 e. The lowest BCUT2D eigenvalue weighted by atomic mass is 10.1. The smallest absolute Gasteiger partial charge is 0.287 e. The molecule has 2 aromatic rings. The van der Waals surface area contributed by atoms with E-state index < -0.39 is 0 Å². The first-order valence-electron chi connectivity index (χ1n) is 6.75. The molecule has 1 aromatic heterocycles. The summed E-state index contributed by atoms with van der Waals surface area (Å²) in [6.45, 7) is 3.14. The van der Waals surface area contributed by atoms with E-state index in [4.69, 9.17) is 11.6 Å². The molecule has 0 saturated heterocycles. The maximum Gasteiger partial charge on any atom is 0.287 e. The Balaban J connectivity index is 1.89. The fraction of sp³-hybridized carbons (Fsp3) is 0.333. The number of nitrogens with zero attached hydrogens (tertiary/aromatic N) is 2. The lowest BCUT2D eigenvalue weighted by Gasteiger charge is -2.09. The highest BCUT2D eigenvalue weighted by molar-refractivity contribution is 6.32. The van der Waals surface area contributed by atoms with Crippen LogP contribution in [-0.2, 0) is 13.0 Å². The normalized spacial score (nSPS) is 10.5. The van der Waals surface area contributed by atoms with Gasteiger partial charge in [-0.15, -0.1) is 0 Å². The third-order valence-corrected chi connectivity index (χ3v) is 3.45. The first-order chi connectivity index (χ1) is 9.72. The Kier molecular flexibility index (Phi) is 5.18. The number of anilines is 1. The van der Waals surface area contributed by atoms with Crippen molar-refractivity contribution in [2.75, 3.05) is 11.9 Å². The van der Waals surface area contributed by atoms with Crippen molar-refractivity contribution in [3.8, 4) is 0 Å². The van der Waals surface area contributed by atoms with E-state index in [1.807, 2.05) is 25.1 Å². The second kappa shape index (κ2) is 7.10. The summed E-state index contributed by atoms with van der Waals surface area (Å²) in [6.07, 6.45) is 3.57. The minimum Gasteiger partial charge on any atom is -0.382 e. The highest BCUT2D eigenvalue weighted by Gasteiger charge is 2.07. The number of aromatic nitrogens is 2. The van der Waals surface area contributed by atoms with Crippen molar-refractivity contribution in [2.45, 2.75) is 26.3 Å². The zero-order valence-electron chi connectivity index (χ0n) is 11.5. The van der Waals surface area contributed by atoms with Crippen LogP contribution in [0.4, 0.5) is 5.69 Å². The predicted octanol–water partition coefficient (Wildman–Crippen LogP) is 2.96. The maximum atomic E-state index is 11.8. The van der Waals surface area contributed by atoms with E-state index in [-0.39, 0.29) is 10.6 Å². The van der Waals surface area contributed by atoms with Crippen molar-refractivity contribution >= 4 is 17.3 Å². The van der Waals surface area contributed by atoms with Crippen LogP contribution in [0.5, 0.6) is 0 Å². The molecule has 0 spiro atoms. The SMILES string of the molecule is CCn1ncc(NCCCc2ccccc2)c(Cl)c1=O. The minimum absolute atomic E-state index is 0.210. The fourth-order valence-electron chi connectivity index (χ4n) is 1.97. The van der Waals surface area contributed by atoms with Gasteiger partial charge in [-0.05, 0) is 25.3 Å². The number of hydrogen-bond donors (Lipinski definition) is 1. The summed E-state index contributed by atoms with van der Waals surface area (Å²) >= 11 is 6.04. The van der Waals surface area contributed by atoms with Crippen molar-refractivity contribution in [1.29, 1.82) is 0 Å². The molecule has 0 saturated carbocycles. The maximum absolute atomic E-state index is 11.8. The van der Waals surface area contributed by atoms with Gasteiger partial charge < -0.3 is 5.32 Å². The fourth-order valence-corrected chi connectivity index (χ4v) is 2.19. The molecule has 0 amide bonds. The van der Waals surface area contributed by atoms with Gasteiger partial charge in [0.25, 0.3) is 5.56 Å². The first kappa shape index (κ1) is 14.6. The number of aryl methyl sites for hydroxylation is 2. The molecule has 106 valence electrons. The van der Waals surface area contributed by atoms with Crippen molar-refractivity contribution in [2.24, 2.45) is 0 Å². The molecule has 1 heterocycles. The summed E-state index contributed by atoms with van der Waals surface area (Å²) in [5, 5.41) is 7.43. The molecule has 0 radical (unpaired) electrons. The number of rotatable bonds is 6. The van der Waals surface area contributed by atoms with Crippen molar-refractivity contribution in [3.05, 3.63) is 57.5 Å². The van der Waals surface area contributed by atoms with Crippen molar-refractivity contribution in [1.82, 2.24) is 9.78 Å². The average Bonchev–Trinajstić information content (AvgIpc) is 2.49. The zero-order valence-corrected chi connectivity index (χ0v) is 12.2. The van der Waals surface area contributed by atoms with Gasteiger partial charge in [0, 0.05) is 13.1 Å². The third-order valence-electron chi connectivity index (χ3n) is 3.08. The van der Waals surface area contributed by atoms with Crippen LogP contribution in [0.15, 0.2) is 41.3 Å². The summed E-state index contributed by atoms with van der Waals surface area (Å²) < 4.78 is 1.34. The van der Waals surface area contributed by atoms with Gasteiger partial charge >= 0.3 is 0 Å². The lowest BCUT2D eigenvalue weighted by molar-refractivity contribution is 0.616. The molecule has 0 aliphatic rings. The Morgan fingerprint density at radius 3 is 2.75 bits per heavy atom. The number of hydrogen-bond acceptors (Lipinski definition) is 3. The topological polar surface area (TPSA) is 46.9 Å². The van der Waals surface area contributed by atoms with Crippen LogP contribution < -0.4 is 10.9 Å². The summed E-state index contributed by atoms with van der Waals surface area (Å²) in [6, 6.07) is 10.3. The van der Waals surface area contributed by atoms with Gasteiger partial charge in [0.15, 0.2) is 0 Å². The number of halogens is 1. The predicted molar refractivity (Wildman–Crippen MR) is 82.4 cm³/mol. The van der Waals surface area contributed by atoms with Gasteiger partial charge in [0.05, 0.1) is 11.9 Å². The molecule has 2 rings (SSSR count). The first-order valence-corrected chi connectivity index (χ1v) is 7.13. The molecule has 0 aliphatic heterocycles. The van der Waals surface area contributed by atoms with Crippen molar-refractivity contribution < 1.29 is 0 Å². The van der Waals surface area contributed by atoms with Gasteiger partial charge in [-0.3, -0.25) is 4.79 Å². The summed E-state index contributed by atoms with van der Waals surface area (Å²) in [5.74, 6) is 0. The second-order valence-corrected chi connectivity index (χ2v) is 4.89. The second-order valence-electron chi connectivity index (χ2n) is 4.51. The van der Waals surface area contributed by atoms with Crippen LogP contribution in [0.25, 0.3) is 0 Å². The molecule has 0 bridgehead atoms. The van der Waals surface area contributed by atoms with E-state index in [1.54, 1.807) is 6.20 Å². The van der Waals surface area contributed by atoms with Gasteiger partial charge in [0.2, 0.25) is 0 Å². The van der Waals surface area contributed by atoms with E-state index in [2.05, 4.69) is 22.5 Å². The van der Waals surface area contributed by atoms with Crippen LogP contribution in [0.3, 0.4) is 0 Å². The minimum atomic E-state index is -0.248. The molecule has 0 unspecified atom stereocenters. The van der Waals surface area contributed by atoms with E-state index in [0.29, 0.717) is 12.2 Å². The van der Waals surface area contributed by atoms with Crippen LogP contribution >= 0.6 is 11.6 Å². The monoisotopic (exact) mass is 291 g/mol.